The molecule has 0 aromatic heterocycles. The van der Waals surface area contributed by atoms with Crippen molar-refractivity contribution >= 4 is 40.7 Å². The van der Waals surface area contributed by atoms with Crippen molar-refractivity contribution < 1.29 is 14.3 Å². The first-order valence-corrected chi connectivity index (χ1v) is 8.90. The third-order valence-electron chi connectivity index (χ3n) is 4.26. The van der Waals surface area contributed by atoms with Gasteiger partial charge in [-0.2, -0.15) is 0 Å². The van der Waals surface area contributed by atoms with Crippen molar-refractivity contribution in [2.45, 2.75) is 13.0 Å². The summed E-state index contributed by atoms with van der Waals surface area (Å²) in [6.07, 6.45) is 0.529. The number of amides is 2. The molecule has 2 amide bonds. The zero-order valence-electron chi connectivity index (χ0n) is 14.1. The first-order chi connectivity index (χ1) is 12.5. The fourth-order valence-corrected chi connectivity index (χ4v) is 3.00. The van der Waals surface area contributed by atoms with Crippen LogP contribution in [-0.4, -0.2) is 18.9 Å². The second kappa shape index (κ2) is 7.98. The Bertz CT molecular complexity index is 824. The van der Waals surface area contributed by atoms with E-state index in [9.17, 15) is 9.59 Å². The highest BCUT2D eigenvalue weighted by atomic mass is 35.5. The molecule has 0 heterocycles. The van der Waals surface area contributed by atoms with Gasteiger partial charge in [-0.15, -0.1) is 0 Å². The van der Waals surface area contributed by atoms with E-state index >= 15 is 0 Å². The number of hydrogen-bond acceptors (Lipinski definition) is 3. The number of rotatable bonds is 6. The van der Waals surface area contributed by atoms with Crippen molar-refractivity contribution in [3.05, 3.63) is 58.1 Å². The molecular weight excluding hydrogens is 375 g/mol. The van der Waals surface area contributed by atoms with Crippen LogP contribution in [0.3, 0.4) is 0 Å². The number of halogens is 2. The van der Waals surface area contributed by atoms with Crippen LogP contribution in [0.25, 0.3) is 0 Å². The Balaban J connectivity index is 1.53. The van der Waals surface area contributed by atoms with Gasteiger partial charge in [0.25, 0.3) is 0 Å². The standard InChI is InChI=1S/C19H18Cl2N2O3/c1-26-17-7-6-13(21)8-16(17)23-19(25)15-9-14(15)18(24)22-10-11-2-4-12(20)5-3-11/h2-8,14-15H,9-10H2,1H3,(H,22,24)(H,23,25). The Hall–Kier alpha value is -2.24. The predicted octanol–water partition coefficient (Wildman–Crippen LogP) is 3.89. The van der Waals surface area contributed by atoms with Crippen molar-refractivity contribution in [1.29, 1.82) is 0 Å². The lowest BCUT2D eigenvalue weighted by molar-refractivity contribution is -0.125. The Morgan fingerprint density at radius 2 is 1.69 bits per heavy atom. The second-order valence-electron chi connectivity index (χ2n) is 6.13. The van der Waals surface area contributed by atoms with Gasteiger partial charge in [0.15, 0.2) is 0 Å². The van der Waals surface area contributed by atoms with Crippen LogP contribution >= 0.6 is 23.2 Å². The first-order valence-electron chi connectivity index (χ1n) is 8.14. The minimum atomic E-state index is -0.344. The minimum absolute atomic E-state index is 0.127. The van der Waals surface area contributed by atoms with Crippen molar-refractivity contribution in [2.75, 3.05) is 12.4 Å². The van der Waals surface area contributed by atoms with Gasteiger partial charge in [0.2, 0.25) is 11.8 Å². The molecule has 5 nitrogen and oxygen atoms in total. The summed E-state index contributed by atoms with van der Waals surface area (Å²) in [5, 5.41) is 6.78. The Labute approximate surface area is 161 Å². The molecule has 1 aliphatic carbocycles. The summed E-state index contributed by atoms with van der Waals surface area (Å²) in [5.41, 5.74) is 1.45. The number of methoxy groups -OCH3 is 1. The predicted molar refractivity (Wildman–Crippen MR) is 102 cm³/mol. The lowest BCUT2D eigenvalue weighted by Gasteiger charge is -2.10. The summed E-state index contributed by atoms with van der Waals surface area (Å²) < 4.78 is 5.21. The van der Waals surface area contributed by atoms with Gasteiger partial charge < -0.3 is 15.4 Å². The summed E-state index contributed by atoms with van der Waals surface area (Å²) in [6, 6.07) is 12.2. The maximum Gasteiger partial charge on any atom is 0.228 e. The van der Waals surface area contributed by atoms with Crippen LogP contribution in [0.4, 0.5) is 5.69 Å². The van der Waals surface area contributed by atoms with E-state index in [0.29, 0.717) is 34.4 Å². The SMILES string of the molecule is COc1ccc(Cl)cc1NC(=O)C1CC1C(=O)NCc1ccc(Cl)cc1. The van der Waals surface area contributed by atoms with E-state index in [4.69, 9.17) is 27.9 Å². The van der Waals surface area contributed by atoms with Gasteiger partial charge >= 0.3 is 0 Å². The fraction of sp³-hybridized carbons (Fsp3) is 0.263. The van der Waals surface area contributed by atoms with Crippen LogP contribution in [0.1, 0.15) is 12.0 Å². The van der Waals surface area contributed by atoms with E-state index in [2.05, 4.69) is 10.6 Å². The molecule has 26 heavy (non-hydrogen) atoms. The quantitative estimate of drug-likeness (QED) is 0.783. The molecule has 7 heteroatoms. The number of carbonyl (C=O) groups is 2. The van der Waals surface area contributed by atoms with Crippen LogP contribution in [0.2, 0.25) is 10.0 Å². The monoisotopic (exact) mass is 392 g/mol. The Kier molecular flexibility index (Phi) is 5.69. The lowest BCUT2D eigenvalue weighted by Crippen LogP contribution is -2.27. The summed E-state index contributed by atoms with van der Waals surface area (Å²) in [7, 11) is 1.52. The highest BCUT2D eigenvalue weighted by molar-refractivity contribution is 6.31. The number of carbonyl (C=O) groups excluding carboxylic acids is 2. The maximum atomic E-state index is 12.4. The summed E-state index contributed by atoms with van der Waals surface area (Å²) in [4.78, 5) is 24.6. The fourth-order valence-electron chi connectivity index (χ4n) is 2.70. The number of nitrogens with one attached hydrogen (secondary N) is 2. The molecule has 2 aromatic carbocycles. The molecular formula is C19H18Cl2N2O3. The molecule has 2 aromatic rings. The van der Waals surface area contributed by atoms with E-state index in [1.807, 2.05) is 12.1 Å². The average Bonchev–Trinajstić information content (AvgIpc) is 3.42. The third kappa shape index (κ3) is 4.48. The van der Waals surface area contributed by atoms with Crippen molar-refractivity contribution in [2.24, 2.45) is 11.8 Å². The number of ether oxygens (including phenoxy) is 1. The van der Waals surface area contributed by atoms with Crippen LogP contribution in [-0.2, 0) is 16.1 Å². The van der Waals surface area contributed by atoms with Gasteiger partial charge in [-0.1, -0.05) is 35.3 Å². The molecule has 2 atom stereocenters. The van der Waals surface area contributed by atoms with E-state index in [1.54, 1.807) is 30.3 Å². The van der Waals surface area contributed by atoms with Gasteiger partial charge in [0, 0.05) is 16.6 Å². The highest BCUT2D eigenvalue weighted by Crippen LogP contribution is 2.40. The molecule has 2 unspecified atom stereocenters. The maximum absolute atomic E-state index is 12.4. The number of anilines is 1. The molecule has 3 rings (SSSR count). The summed E-state index contributed by atoms with van der Waals surface area (Å²) >= 11 is 11.8. The molecule has 0 saturated heterocycles. The van der Waals surface area contributed by atoms with E-state index in [0.717, 1.165) is 5.56 Å². The largest absolute Gasteiger partial charge is 0.495 e. The molecule has 136 valence electrons. The molecule has 0 bridgehead atoms. The van der Waals surface area contributed by atoms with E-state index < -0.39 is 0 Å². The third-order valence-corrected chi connectivity index (χ3v) is 4.75. The van der Waals surface area contributed by atoms with Crippen molar-refractivity contribution in [1.82, 2.24) is 5.32 Å². The minimum Gasteiger partial charge on any atom is -0.495 e. The van der Waals surface area contributed by atoms with E-state index in [1.165, 1.54) is 7.11 Å². The van der Waals surface area contributed by atoms with Crippen molar-refractivity contribution in [3.8, 4) is 5.75 Å². The van der Waals surface area contributed by atoms with Crippen LogP contribution < -0.4 is 15.4 Å². The molecule has 2 N–H and O–H groups in total. The van der Waals surface area contributed by atoms with Crippen LogP contribution in [0, 0.1) is 11.8 Å². The van der Waals surface area contributed by atoms with Crippen LogP contribution in [0.5, 0.6) is 5.75 Å². The number of hydrogen-bond donors (Lipinski definition) is 2. The second-order valence-corrected chi connectivity index (χ2v) is 7.00. The van der Waals surface area contributed by atoms with Gasteiger partial charge in [0.1, 0.15) is 5.75 Å². The zero-order valence-corrected chi connectivity index (χ0v) is 15.6. The molecule has 0 radical (unpaired) electrons. The molecule has 1 aliphatic rings. The van der Waals surface area contributed by atoms with Crippen LogP contribution in [0.15, 0.2) is 42.5 Å². The lowest BCUT2D eigenvalue weighted by atomic mass is 10.2. The summed E-state index contributed by atoms with van der Waals surface area (Å²) in [6.45, 7) is 0.406. The smallest absolute Gasteiger partial charge is 0.228 e. The molecule has 0 spiro atoms. The molecule has 0 aliphatic heterocycles. The zero-order chi connectivity index (χ0) is 18.7. The molecule has 1 fully saturated rings. The normalized spacial score (nSPS) is 18.1. The van der Waals surface area contributed by atoms with Gasteiger partial charge in [-0.3, -0.25) is 9.59 Å². The Morgan fingerprint density at radius 3 is 2.38 bits per heavy atom. The highest BCUT2D eigenvalue weighted by Gasteiger charge is 2.48. The van der Waals surface area contributed by atoms with Gasteiger partial charge in [0.05, 0.1) is 24.6 Å². The van der Waals surface area contributed by atoms with E-state index in [-0.39, 0.29) is 23.7 Å². The van der Waals surface area contributed by atoms with Gasteiger partial charge in [-0.25, -0.2) is 0 Å². The van der Waals surface area contributed by atoms with Gasteiger partial charge in [-0.05, 0) is 42.3 Å². The topological polar surface area (TPSA) is 67.4 Å². The first kappa shape index (κ1) is 18.5. The Morgan fingerprint density at radius 1 is 1.04 bits per heavy atom. The average molecular weight is 393 g/mol. The number of benzene rings is 2. The van der Waals surface area contributed by atoms with Crippen molar-refractivity contribution in [3.63, 3.8) is 0 Å². The molecule has 1 saturated carbocycles. The summed E-state index contributed by atoms with van der Waals surface area (Å²) in [5.74, 6) is -0.473.